The highest BCUT2D eigenvalue weighted by Gasteiger charge is 2.18. The number of nitrogens with two attached hydrogens (primary N) is 1. The van der Waals surface area contributed by atoms with E-state index in [1.807, 2.05) is 0 Å². The molecule has 100 valence electrons. The minimum atomic E-state index is -3.14. The number of benzene rings is 1. The van der Waals surface area contributed by atoms with Gasteiger partial charge in [0.1, 0.15) is 15.7 Å². The highest BCUT2D eigenvalue weighted by atomic mass is 32.2. The zero-order valence-electron chi connectivity index (χ0n) is 10.3. The summed E-state index contributed by atoms with van der Waals surface area (Å²) in [5.41, 5.74) is 6.30. The van der Waals surface area contributed by atoms with E-state index < -0.39 is 21.7 Å². The van der Waals surface area contributed by atoms with Gasteiger partial charge in [-0.3, -0.25) is 4.79 Å². The van der Waals surface area contributed by atoms with Gasteiger partial charge in [0.05, 0.1) is 11.8 Å². The van der Waals surface area contributed by atoms with Crippen LogP contribution in [-0.4, -0.2) is 32.3 Å². The normalized spacial score (nSPS) is 13.3. The predicted molar refractivity (Wildman–Crippen MR) is 67.8 cm³/mol. The number of halogens is 1. The molecular formula is C12H16FNO3S. The van der Waals surface area contributed by atoms with Crippen molar-refractivity contribution in [3.8, 4) is 0 Å². The second kappa shape index (κ2) is 5.58. The molecule has 0 aliphatic carbocycles. The highest BCUT2D eigenvalue weighted by molar-refractivity contribution is 7.90. The number of rotatable bonds is 5. The van der Waals surface area contributed by atoms with Crippen LogP contribution in [0.1, 0.15) is 22.3 Å². The van der Waals surface area contributed by atoms with Gasteiger partial charge in [-0.05, 0) is 37.1 Å². The molecule has 2 N–H and O–H groups in total. The van der Waals surface area contributed by atoms with Crippen molar-refractivity contribution in [3.05, 3.63) is 35.1 Å². The molecule has 1 unspecified atom stereocenters. The van der Waals surface area contributed by atoms with E-state index in [1.165, 1.54) is 18.2 Å². The lowest BCUT2D eigenvalue weighted by Crippen LogP contribution is -2.32. The molecule has 0 heterocycles. The third kappa shape index (κ3) is 4.19. The van der Waals surface area contributed by atoms with Crippen molar-refractivity contribution in [3.63, 3.8) is 0 Å². The summed E-state index contributed by atoms with van der Waals surface area (Å²) in [6, 6.07) is 3.08. The zero-order valence-corrected chi connectivity index (χ0v) is 11.1. The van der Waals surface area contributed by atoms with Gasteiger partial charge in [0, 0.05) is 11.8 Å². The molecule has 0 spiro atoms. The van der Waals surface area contributed by atoms with Crippen LogP contribution in [0.5, 0.6) is 0 Å². The Balaban J connectivity index is 2.77. The van der Waals surface area contributed by atoms with Crippen molar-refractivity contribution < 1.29 is 17.6 Å². The van der Waals surface area contributed by atoms with Gasteiger partial charge in [0.2, 0.25) is 0 Å². The van der Waals surface area contributed by atoms with Gasteiger partial charge >= 0.3 is 0 Å². The Bertz CT molecular complexity index is 554. The van der Waals surface area contributed by atoms with Crippen molar-refractivity contribution in [2.24, 2.45) is 5.73 Å². The summed E-state index contributed by atoms with van der Waals surface area (Å²) in [6.07, 6.45) is 1.15. The van der Waals surface area contributed by atoms with Gasteiger partial charge in [0.15, 0.2) is 5.78 Å². The Labute approximate surface area is 106 Å². The maximum atomic E-state index is 13.0. The van der Waals surface area contributed by atoms with Crippen molar-refractivity contribution in [1.29, 1.82) is 0 Å². The van der Waals surface area contributed by atoms with E-state index >= 15 is 0 Å². The largest absolute Gasteiger partial charge is 0.321 e. The smallest absolute Gasteiger partial charge is 0.179 e. The number of Topliss-reactive ketones (excluding diaryl/α,β-unsaturated/α-hetero) is 1. The Morgan fingerprint density at radius 1 is 1.44 bits per heavy atom. The van der Waals surface area contributed by atoms with Crippen LogP contribution in [0.4, 0.5) is 4.39 Å². The quantitative estimate of drug-likeness (QED) is 0.814. The molecule has 0 saturated carbocycles. The Morgan fingerprint density at radius 2 is 2.06 bits per heavy atom. The first-order chi connectivity index (χ1) is 8.20. The van der Waals surface area contributed by atoms with E-state index in [1.54, 1.807) is 6.92 Å². The van der Waals surface area contributed by atoms with E-state index in [0.29, 0.717) is 11.1 Å². The molecule has 1 atom stereocenters. The van der Waals surface area contributed by atoms with Crippen molar-refractivity contribution >= 4 is 15.6 Å². The third-order valence-electron chi connectivity index (χ3n) is 2.58. The van der Waals surface area contributed by atoms with Crippen molar-refractivity contribution in [1.82, 2.24) is 0 Å². The summed E-state index contributed by atoms with van der Waals surface area (Å²) in [5, 5.41) is 0. The van der Waals surface area contributed by atoms with Gasteiger partial charge in [-0.2, -0.15) is 0 Å². The van der Waals surface area contributed by atoms with Crippen LogP contribution in [0.25, 0.3) is 0 Å². The zero-order chi connectivity index (χ0) is 13.9. The Kier molecular flexibility index (Phi) is 4.59. The summed E-state index contributed by atoms with van der Waals surface area (Å²) in [6.45, 7) is 1.55. The van der Waals surface area contributed by atoms with Crippen LogP contribution in [0.15, 0.2) is 18.2 Å². The molecule has 0 bridgehead atoms. The number of sulfone groups is 1. The fourth-order valence-corrected chi connectivity index (χ4v) is 2.17. The monoisotopic (exact) mass is 273 g/mol. The molecule has 0 aliphatic heterocycles. The lowest BCUT2D eigenvalue weighted by molar-refractivity contribution is 0.0959. The SMILES string of the molecule is Cc1cc(C(=O)C(N)CCS(C)(=O)=O)ccc1F. The van der Waals surface area contributed by atoms with E-state index in [4.69, 9.17) is 5.73 Å². The summed E-state index contributed by atoms with van der Waals surface area (Å²) >= 11 is 0. The summed E-state index contributed by atoms with van der Waals surface area (Å²) < 4.78 is 35.0. The molecule has 6 heteroatoms. The molecule has 1 rings (SSSR count). The molecule has 0 fully saturated rings. The van der Waals surface area contributed by atoms with Crippen molar-refractivity contribution in [2.75, 3.05) is 12.0 Å². The number of aryl methyl sites for hydroxylation is 1. The molecule has 0 radical (unpaired) electrons. The molecule has 0 amide bonds. The average Bonchev–Trinajstić information content (AvgIpc) is 2.27. The van der Waals surface area contributed by atoms with Gasteiger partial charge in [-0.25, -0.2) is 12.8 Å². The maximum absolute atomic E-state index is 13.0. The number of carbonyl (C=O) groups is 1. The number of hydrogen-bond acceptors (Lipinski definition) is 4. The number of carbonyl (C=O) groups excluding carboxylic acids is 1. The van der Waals surface area contributed by atoms with Gasteiger partial charge < -0.3 is 5.73 Å². The highest BCUT2D eigenvalue weighted by Crippen LogP contribution is 2.12. The van der Waals surface area contributed by atoms with Gasteiger partial charge in [0.25, 0.3) is 0 Å². The third-order valence-corrected chi connectivity index (χ3v) is 3.56. The van der Waals surface area contributed by atoms with Crippen LogP contribution < -0.4 is 5.73 Å². The Morgan fingerprint density at radius 3 is 2.56 bits per heavy atom. The molecule has 0 aliphatic rings. The predicted octanol–water partition coefficient (Wildman–Crippen LogP) is 1.08. The molecule has 1 aromatic carbocycles. The number of hydrogen-bond donors (Lipinski definition) is 1. The first-order valence-corrected chi connectivity index (χ1v) is 7.50. The summed E-state index contributed by atoms with van der Waals surface area (Å²) in [7, 11) is -3.14. The van der Waals surface area contributed by atoms with Crippen molar-refractivity contribution in [2.45, 2.75) is 19.4 Å². The molecule has 0 saturated heterocycles. The molecular weight excluding hydrogens is 257 g/mol. The summed E-state index contributed by atoms with van der Waals surface area (Å²) in [5.74, 6) is -0.905. The minimum Gasteiger partial charge on any atom is -0.321 e. The summed E-state index contributed by atoms with van der Waals surface area (Å²) in [4.78, 5) is 11.9. The first-order valence-electron chi connectivity index (χ1n) is 5.44. The van der Waals surface area contributed by atoms with E-state index in [-0.39, 0.29) is 18.0 Å². The first kappa shape index (κ1) is 14.8. The van der Waals surface area contributed by atoms with Crippen LogP contribution in [-0.2, 0) is 9.84 Å². The van der Waals surface area contributed by atoms with E-state index in [9.17, 15) is 17.6 Å². The second-order valence-corrected chi connectivity index (χ2v) is 6.61. The maximum Gasteiger partial charge on any atom is 0.179 e. The van der Waals surface area contributed by atoms with E-state index in [2.05, 4.69) is 0 Å². The lowest BCUT2D eigenvalue weighted by Gasteiger charge is -2.10. The number of ketones is 1. The second-order valence-electron chi connectivity index (χ2n) is 4.35. The fraction of sp³-hybridized carbons (Fsp3) is 0.417. The minimum absolute atomic E-state index is 0.0636. The average molecular weight is 273 g/mol. The van der Waals surface area contributed by atoms with Crippen LogP contribution in [0.2, 0.25) is 0 Å². The van der Waals surface area contributed by atoms with Crippen LogP contribution >= 0.6 is 0 Å². The fourth-order valence-electron chi connectivity index (χ4n) is 1.48. The molecule has 0 aromatic heterocycles. The van der Waals surface area contributed by atoms with E-state index in [0.717, 1.165) is 6.26 Å². The molecule has 1 aromatic rings. The standard InChI is InChI=1S/C12H16FNO3S/c1-8-7-9(3-4-10(8)13)12(15)11(14)5-6-18(2,16)17/h3-4,7,11H,5-6,14H2,1-2H3. The van der Waals surface area contributed by atoms with Crippen LogP contribution in [0.3, 0.4) is 0 Å². The Hall–Kier alpha value is -1.27. The molecule has 18 heavy (non-hydrogen) atoms. The topological polar surface area (TPSA) is 77.2 Å². The van der Waals surface area contributed by atoms with Gasteiger partial charge in [-0.1, -0.05) is 0 Å². The van der Waals surface area contributed by atoms with Gasteiger partial charge in [-0.15, -0.1) is 0 Å². The molecule has 4 nitrogen and oxygen atoms in total. The van der Waals surface area contributed by atoms with Crippen LogP contribution in [0, 0.1) is 12.7 Å². The lowest BCUT2D eigenvalue weighted by atomic mass is 10.0.